The summed E-state index contributed by atoms with van der Waals surface area (Å²) in [6.07, 6.45) is 0.650. The fourth-order valence-corrected chi connectivity index (χ4v) is 5.27. The second-order valence-corrected chi connectivity index (χ2v) is 10.1. The third-order valence-corrected chi connectivity index (χ3v) is 7.40. The number of aliphatic hydroxyl groups excluding tert-OH is 1. The second-order valence-electron chi connectivity index (χ2n) is 10.1. The van der Waals surface area contributed by atoms with Gasteiger partial charge in [-0.1, -0.05) is 42.5 Å². The molecule has 2 saturated heterocycles. The van der Waals surface area contributed by atoms with Crippen molar-refractivity contribution in [2.75, 3.05) is 39.4 Å². The molecule has 0 aromatic heterocycles. The van der Waals surface area contributed by atoms with E-state index in [0.717, 1.165) is 25.2 Å². The van der Waals surface area contributed by atoms with Crippen molar-refractivity contribution in [1.29, 1.82) is 0 Å². The lowest BCUT2D eigenvalue weighted by atomic mass is 9.94. The number of amides is 1. The first-order valence-corrected chi connectivity index (χ1v) is 13.5. The lowest BCUT2D eigenvalue weighted by Gasteiger charge is -2.29. The number of rotatable bonds is 9. The summed E-state index contributed by atoms with van der Waals surface area (Å²) in [7, 11) is 0. The molecule has 1 atom stereocenters. The van der Waals surface area contributed by atoms with Crippen LogP contribution in [-0.4, -0.2) is 66.0 Å². The van der Waals surface area contributed by atoms with E-state index in [4.69, 9.17) is 9.47 Å². The maximum absolute atomic E-state index is 13.8. The Morgan fingerprint density at radius 3 is 2.42 bits per heavy atom. The minimum atomic E-state index is -0.821. The van der Waals surface area contributed by atoms with Crippen LogP contribution in [0.15, 0.2) is 78.4 Å². The van der Waals surface area contributed by atoms with Crippen LogP contribution in [0.2, 0.25) is 0 Å². The molecule has 0 bridgehead atoms. The molecule has 0 spiro atoms. The Kier molecular flexibility index (Phi) is 8.57. The highest BCUT2D eigenvalue weighted by Crippen LogP contribution is 2.40. The first-order valence-electron chi connectivity index (χ1n) is 13.5. The molecule has 7 nitrogen and oxygen atoms in total. The van der Waals surface area contributed by atoms with Crippen LogP contribution in [0.1, 0.15) is 34.7 Å². The number of carbonyl (C=O) groups excluding carboxylic acids is 2. The maximum Gasteiger partial charge on any atom is 0.295 e. The molecule has 2 heterocycles. The zero-order valence-electron chi connectivity index (χ0n) is 22.5. The largest absolute Gasteiger partial charge is 0.507 e. The third kappa shape index (κ3) is 6.08. The Morgan fingerprint density at radius 2 is 1.73 bits per heavy atom. The summed E-state index contributed by atoms with van der Waals surface area (Å²) in [6, 6.07) is 19.9. The van der Waals surface area contributed by atoms with Gasteiger partial charge in [-0.2, -0.15) is 0 Å². The van der Waals surface area contributed by atoms with Crippen molar-refractivity contribution in [1.82, 2.24) is 9.80 Å². The topological polar surface area (TPSA) is 79.3 Å². The van der Waals surface area contributed by atoms with Gasteiger partial charge < -0.3 is 19.5 Å². The average Bonchev–Trinajstić information content (AvgIpc) is 3.22. The number of halogens is 1. The lowest BCUT2D eigenvalue weighted by molar-refractivity contribution is -0.140. The van der Waals surface area contributed by atoms with Crippen molar-refractivity contribution < 1.29 is 28.6 Å². The van der Waals surface area contributed by atoms with Crippen molar-refractivity contribution in [3.05, 3.63) is 106 Å². The molecule has 5 rings (SSSR count). The molecular weight excluding hydrogens is 511 g/mol. The molecule has 3 aromatic rings. The molecule has 0 radical (unpaired) electrons. The number of ether oxygens (including phenoxy) is 2. The Balaban J connectivity index is 1.42. The molecule has 208 valence electrons. The lowest BCUT2D eigenvalue weighted by Crippen LogP contribution is -2.38. The van der Waals surface area contributed by atoms with Gasteiger partial charge in [-0.05, 0) is 60.4 Å². The summed E-state index contributed by atoms with van der Waals surface area (Å²) in [5.41, 5.74) is 2.73. The Morgan fingerprint density at radius 1 is 1.00 bits per heavy atom. The molecule has 0 saturated carbocycles. The number of hydrogen-bond donors (Lipinski definition) is 1. The fourth-order valence-electron chi connectivity index (χ4n) is 5.27. The standard InChI is InChI=1S/C32H33FN2O5/c1-22-20-26(40-21-23-6-3-2-4-7-23)12-13-27(22)30(36)28-29(24-8-10-25(33)11-9-24)35(32(38)31(28)37)15-5-14-34-16-18-39-19-17-34/h2-4,6-13,20,29,36H,5,14-19,21H2,1H3/t29-/m1/s1. The Hall–Kier alpha value is -4.01. The van der Waals surface area contributed by atoms with E-state index in [1.54, 1.807) is 30.3 Å². The minimum Gasteiger partial charge on any atom is -0.507 e. The first kappa shape index (κ1) is 27.6. The number of hydrogen-bond acceptors (Lipinski definition) is 6. The zero-order chi connectivity index (χ0) is 28.1. The summed E-state index contributed by atoms with van der Waals surface area (Å²) >= 11 is 0. The number of benzene rings is 3. The summed E-state index contributed by atoms with van der Waals surface area (Å²) in [4.78, 5) is 30.4. The normalized spacial score (nSPS) is 19.2. The predicted molar refractivity (Wildman–Crippen MR) is 149 cm³/mol. The molecule has 3 aromatic carbocycles. The molecule has 1 amide bonds. The number of aryl methyl sites for hydroxylation is 1. The summed E-state index contributed by atoms with van der Waals surface area (Å²) in [5, 5.41) is 11.5. The van der Waals surface area contributed by atoms with Gasteiger partial charge >= 0.3 is 0 Å². The smallest absolute Gasteiger partial charge is 0.295 e. The number of aliphatic hydroxyl groups is 1. The number of likely N-dealkylation sites (tertiary alicyclic amines) is 1. The molecular formula is C32H33FN2O5. The molecule has 2 aliphatic heterocycles. The van der Waals surface area contributed by atoms with Gasteiger partial charge in [-0.25, -0.2) is 4.39 Å². The number of carbonyl (C=O) groups is 2. The van der Waals surface area contributed by atoms with Crippen molar-refractivity contribution in [3.63, 3.8) is 0 Å². The zero-order valence-corrected chi connectivity index (χ0v) is 22.5. The molecule has 1 N–H and O–H groups in total. The summed E-state index contributed by atoms with van der Waals surface area (Å²) < 4.78 is 25.1. The molecule has 0 unspecified atom stereocenters. The predicted octanol–water partition coefficient (Wildman–Crippen LogP) is 4.86. The van der Waals surface area contributed by atoms with E-state index < -0.39 is 23.5 Å². The van der Waals surface area contributed by atoms with Gasteiger partial charge in [-0.15, -0.1) is 0 Å². The van der Waals surface area contributed by atoms with Crippen LogP contribution < -0.4 is 4.74 Å². The van der Waals surface area contributed by atoms with Crippen LogP contribution in [0, 0.1) is 12.7 Å². The van der Waals surface area contributed by atoms with Crippen LogP contribution in [0.3, 0.4) is 0 Å². The highest BCUT2D eigenvalue weighted by molar-refractivity contribution is 6.46. The monoisotopic (exact) mass is 544 g/mol. The van der Waals surface area contributed by atoms with Gasteiger partial charge in [0.2, 0.25) is 0 Å². The quantitative estimate of drug-likeness (QED) is 0.236. The third-order valence-electron chi connectivity index (χ3n) is 7.40. The van der Waals surface area contributed by atoms with E-state index in [2.05, 4.69) is 4.90 Å². The van der Waals surface area contributed by atoms with Crippen LogP contribution in [0.4, 0.5) is 4.39 Å². The average molecular weight is 545 g/mol. The van der Waals surface area contributed by atoms with E-state index >= 15 is 0 Å². The van der Waals surface area contributed by atoms with Crippen molar-refractivity contribution in [2.24, 2.45) is 0 Å². The fraction of sp³-hybridized carbons (Fsp3) is 0.312. The van der Waals surface area contributed by atoms with Crippen LogP contribution in [-0.2, 0) is 20.9 Å². The summed E-state index contributed by atoms with van der Waals surface area (Å²) in [5.74, 6) is -1.47. The van der Waals surface area contributed by atoms with Gasteiger partial charge in [0, 0.05) is 31.7 Å². The second kappa shape index (κ2) is 12.4. The molecule has 0 aliphatic carbocycles. The maximum atomic E-state index is 13.8. The molecule has 8 heteroatoms. The number of ketones is 1. The summed E-state index contributed by atoms with van der Waals surface area (Å²) in [6.45, 7) is 6.29. The van der Waals surface area contributed by atoms with Crippen LogP contribution >= 0.6 is 0 Å². The minimum absolute atomic E-state index is 0.00374. The van der Waals surface area contributed by atoms with Gasteiger partial charge in [0.1, 0.15) is 23.9 Å². The van der Waals surface area contributed by atoms with Crippen LogP contribution in [0.5, 0.6) is 5.75 Å². The highest BCUT2D eigenvalue weighted by atomic mass is 19.1. The number of morpholine rings is 1. The van der Waals surface area contributed by atoms with Gasteiger partial charge in [0.15, 0.2) is 0 Å². The van der Waals surface area contributed by atoms with Crippen LogP contribution in [0.25, 0.3) is 5.76 Å². The van der Waals surface area contributed by atoms with Gasteiger partial charge in [0.05, 0.1) is 24.8 Å². The highest BCUT2D eigenvalue weighted by Gasteiger charge is 2.46. The van der Waals surface area contributed by atoms with E-state index in [1.807, 2.05) is 37.3 Å². The Labute approximate surface area is 233 Å². The molecule has 2 aliphatic rings. The van der Waals surface area contributed by atoms with E-state index in [9.17, 15) is 19.1 Å². The SMILES string of the molecule is Cc1cc(OCc2ccccc2)ccc1C(O)=C1C(=O)C(=O)N(CCCN2CCOCC2)[C@@H]1c1ccc(F)cc1. The van der Waals surface area contributed by atoms with E-state index in [-0.39, 0.29) is 11.3 Å². The van der Waals surface area contributed by atoms with E-state index in [1.165, 1.54) is 17.0 Å². The molecule has 2 fully saturated rings. The van der Waals surface area contributed by atoms with Gasteiger partial charge in [0.25, 0.3) is 11.7 Å². The van der Waals surface area contributed by atoms with Crippen molar-refractivity contribution >= 4 is 17.4 Å². The number of Topliss-reactive ketones (excluding diaryl/α,β-unsaturated/α-hetero) is 1. The Bertz CT molecular complexity index is 1380. The number of nitrogens with zero attached hydrogens (tertiary/aromatic N) is 2. The van der Waals surface area contributed by atoms with Gasteiger partial charge in [-0.3, -0.25) is 14.5 Å². The first-order chi connectivity index (χ1) is 19.4. The molecule has 40 heavy (non-hydrogen) atoms. The van der Waals surface area contributed by atoms with Crippen molar-refractivity contribution in [3.8, 4) is 5.75 Å². The van der Waals surface area contributed by atoms with E-state index in [0.29, 0.717) is 55.2 Å². The van der Waals surface area contributed by atoms with Crippen molar-refractivity contribution in [2.45, 2.75) is 26.0 Å².